The first-order valence-electron chi connectivity index (χ1n) is 8.39. The van der Waals surface area contributed by atoms with Crippen molar-refractivity contribution in [2.24, 2.45) is 5.92 Å². The Balaban J connectivity index is 1.53. The number of nitrogens with zero attached hydrogens (tertiary/aromatic N) is 3. The molecule has 6 heteroatoms. The fraction of sp³-hybridized carbons (Fsp3) is 0.368. The Labute approximate surface area is 152 Å². The fourth-order valence-electron chi connectivity index (χ4n) is 3.16. The molecule has 25 heavy (non-hydrogen) atoms. The van der Waals surface area contributed by atoms with Crippen LogP contribution in [-0.2, 0) is 11.3 Å². The van der Waals surface area contributed by atoms with Crippen LogP contribution in [0.25, 0.3) is 0 Å². The summed E-state index contributed by atoms with van der Waals surface area (Å²) in [6.45, 7) is 2.10. The van der Waals surface area contributed by atoms with E-state index in [9.17, 15) is 9.18 Å². The van der Waals surface area contributed by atoms with E-state index in [-0.39, 0.29) is 17.6 Å². The molecule has 1 fully saturated rings. The van der Waals surface area contributed by atoms with Crippen LogP contribution in [0.5, 0.6) is 0 Å². The Morgan fingerprint density at radius 1 is 1.24 bits per heavy atom. The average Bonchev–Trinajstić information content (AvgIpc) is 2.64. The van der Waals surface area contributed by atoms with Crippen LogP contribution in [0.1, 0.15) is 18.4 Å². The van der Waals surface area contributed by atoms with Gasteiger partial charge in [-0.3, -0.25) is 4.79 Å². The topological polar surface area (TPSA) is 36.4 Å². The van der Waals surface area contributed by atoms with Crippen LogP contribution in [0.3, 0.4) is 0 Å². The molecular formula is C19H21ClFN3O. The van der Waals surface area contributed by atoms with Crippen molar-refractivity contribution >= 4 is 23.3 Å². The zero-order chi connectivity index (χ0) is 17.8. The van der Waals surface area contributed by atoms with Gasteiger partial charge < -0.3 is 9.80 Å². The maximum Gasteiger partial charge on any atom is 0.225 e. The molecule has 0 N–H and O–H groups in total. The van der Waals surface area contributed by atoms with E-state index in [1.54, 1.807) is 30.3 Å². The number of amides is 1. The third-order valence-corrected chi connectivity index (χ3v) is 4.81. The molecule has 0 radical (unpaired) electrons. The highest BCUT2D eigenvalue weighted by Crippen LogP contribution is 2.24. The molecule has 0 atom stereocenters. The van der Waals surface area contributed by atoms with Crippen LogP contribution in [0.4, 0.5) is 10.2 Å². The number of aromatic nitrogens is 1. The van der Waals surface area contributed by atoms with Crippen LogP contribution in [0.15, 0.2) is 42.6 Å². The molecule has 1 aliphatic rings. The van der Waals surface area contributed by atoms with Crippen molar-refractivity contribution in [1.82, 2.24) is 9.88 Å². The highest BCUT2D eigenvalue weighted by atomic mass is 35.5. The molecule has 1 aromatic heterocycles. The quantitative estimate of drug-likeness (QED) is 0.832. The molecule has 2 heterocycles. The predicted octanol–water partition coefficient (Wildman–Crippen LogP) is 3.75. The van der Waals surface area contributed by atoms with Crippen LogP contribution < -0.4 is 4.90 Å². The van der Waals surface area contributed by atoms with E-state index in [0.717, 1.165) is 37.3 Å². The van der Waals surface area contributed by atoms with Gasteiger partial charge in [-0.1, -0.05) is 23.7 Å². The fourth-order valence-corrected chi connectivity index (χ4v) is 3.28. The number of carbonyl (C=O) groups is 1. The van der Waals surface area contributed by atoms with Crippen molar-refractivity contribution in [3.05, 3.63) is 59.0 Å². The lowest BCUT2D eigenvalue weighted by Crippen LogP contribution is -2.41. The number of halogens is 2. The molecule has 0 spiro atoms. The monoisotopic (exact) mass is 361 g/mol. The highest BCUT2D eigenvalue weighted by Gasteiger charge is 2.27. The Morgan fingerprint density at radius 3 is 2.52 bits per heavy atom. The number of carbonyl (C=O) groups excluding carboxylic acids is 1. The van der Waals surface area contributed by atoms with E-state index in [4.69, 9.17) is 11.6 Å². The lowest BCUT2D eigenvalue weighted by atomic mass is 9.95. The molecule has 132 valence electrons. The molecule has 1 aromatic carbocycles. The van der Waals surface area contributed by atoms with E-state index >= 15 is 0 Å². The second kappa shape index (κ2) is 7.83. The van der Waals surface area contributed by atoms with E-state index in [1.807, 2.05) is 12.1 Å². The molecular weight excluding hydrogens is 341 g/mol. The molecule has 0 saturated carbocycles. The minimum Gasteiger partial charge on any atom is -0.357 e. The molecule has 3 rings (SSSR count). The van der Waals surface area contributed by atoms with Crippen LogP contribution >= 0.6 is 11.6 Å². The predicted molar refractivity (Wildman–Crippen MR) is 97.1 cm³/mol. The SMILES string of the molecule is CN(Cc1ccc(F)cc1)C(=O)C1CCN(c2ccc(Cl)cn2)CC1. The summed E-state index contributed by atoms with van der Waals surface area (Å²) in [6.07, 6.45) is 3.25. The van der Waals surface area contributed by atoms with Gasteiger partial charge in [0, 0.05) is 38.8 Å². The van der Waals surface area contributed by atoms with Crippen LogP contribution in [0.2, 0.25) is 5.02 Å². The summed E-state index contributed by atoms with van der Waals surface area (Å²) in [6, 6.07) is 10.0. The maximum absolute atomic E-state index is 13.0. The van der Waals surface area contributed by atoms with Crippen molar-refractivity contribution in [3.8, 4) is 0 Å². The molecule has 0 unspecified atom stereocenters. The van der Waals surface area contributed by atoms with Gasteiger partial charge in [-0.15, -0.1) is 0 Å². The van der Waals surface area contributed by atoms with Gasteiger partial charge in [0.25, 0.3) is 0 Å². The minimum absolute atomic E-state index is 0.0222. The van der Waals surface area contributed by atoms with Gasteiger partial charge in [0.15, 0.2) is 0 Å². The Kier molecular flexibility index (Phi) is 5.53. The van der Waals surface area contributed by atoms with E-state index in [0.29, 0.717) is 11.6 Å². The average molecular weight is 362 g/mol. The van der Waals surface area contributed by atoms with Gasteiger partial charge in [-0.2, -0.15) is 0 Å². The number of rotatable bonds is 4. The number of anilines is 1. The van der Waals surface area contributed by atoms with Crippen molar-refractivity contribution in [1.29, 1.82) is 0 Å². The maximum atomic E-state index is 13.0. The third kappa shape index (κ3) is 4.48. The van der Waals surface area contributed by atoms with Gasteiger partial charge in [-0.25, -0.2) is 9.37 Å². The molecule has 0 aliphatic carbocycles. The smallest absolute Gasteiger partial charge is 0.225 e. The van der Waals surface area contributed by atoms with Crippen molar-refractivity contribution in [2.75, 3.05) is 25.0 Å². The summed E-state index contributed by atoms with van der Waals surface area (Å²) < 4.78 is 13.0. The number of pyridine rings is 1. The molecule has 2 aromatic rings. The molecule has 0 bridgehead atoms. The summed E-state index contributed by atoms with van der Waals surface area (Å²) in [5.41, 5.74) is 0.931. The first kappa shape index (κ1) is 17.7. The summed E-state index contributed by atoms with van der Waals surface area (Å²) >= 11 is 5.87. The van der Waals surface area contributed by atoms with Gasteiger partial charge >= 0.3 is 0 Å². The van der Waals surface area contributed by atoms with E-state index < -0.39 is 0 Å². The summed E-state index contributed by atoms with van der Waals surface area (Å²) in [5.74, 6) is 0.804. The first-order valence-corrected chi connectivity index (χ1v) is 8.76. The van der Waals surface area contributed by atoms with Gasteiger partial charge in [0.05, 0.1) is 5.02 Å². The zero-order valence-corrected chi connectivity index (χ0v) is 14.9. The van der Waals surface area contributed by atoms with Gasteiger partial charge in [0.2, 0.25) is 5.91 Å². The highest BCUT2D eigenvalue weighted by molar-refractivity contribution is 6.30. The Morgan fingerprint density at radius 2 is 1.92 bits per heavy atom. The van der Waals surface area contributed by atoms with E-state index in [2.05, 4.69) is 9.88 Å². The molecule has 1 saturated heterocycles. The minimum atomic E-state index is -0.263. The van der Waals surface area contributed by atoms with Crippen LogP contribution in [0, 0.1) is 11.7 Å². The lowest BCUT2D eigenvalue weighted by molar-refractivity contribution is -0.135. The van der Waals surface area contributed by atoms with E-state index in [1.165, 1.54) is 12.1 Å². The molecule has 1 amide bonds. The summed E-state index contributed by atoms with van der Waals surface area (Å²) in [4.78, 5) is 20.9. The zero-order valence-electron chi connectivity index (χ0n) is 14.2. The van der Waals surface area contributed by atoms with Crippen LogP contribution in [-0.4, -0.2) is 35.9 Å². The van der Waals surface area contributed by atoms with Crippen molar-refractivity contribution in [3.63, 3.8) is 0 Å². The number of hydrogen-bond donors (Lipinski definition) is 0. The largest absolute Gasteiger partial charge is 0.357 e. The number of hydrogen-bond acceptors (Lipinski definition) is 3. The number of benzene rings is 1. The normalized spacial score (nSPS) is 15.2. The summed E-state index contributed by atoms with van der Waals surface area (Å²) in [7, 11) is 1.80. The Hall–Kier alpha value is -2.14. The van der Waals surface area contributed by atoms with Gasteiger partial charge in [0.1, 0.15) is 11.6 Å². The first-order chi connectivity index (χ1) is 12.0. The third-order valence-electron chi connectivity index (χ3n) is 4.59. The molecule has 1 aliphatic heterocycles. The number of piperidine rings is 1. The molecule has 4 nitrogen and oxygen atoms in total. The van der Waals surface area contributed by atoms with Gasteiger partial charge in [-0.05, 0) is 42.7 Å². The second-order valence-corrected chi connectivity index (χ2v) is 6.85. The second-order valence-electron chi connectivity index (χ2n) is 6.42. The summed E-state index contributed by atoms with van der Waals surface area (Å²) in [5, 5.41) is 0.622. The van der Waals surface area contributed by atoms with Crippen molar-refractivity contribution < 1.29 is 9.18 Å². The Bertz CT molecular complexity index is 712. The lowest BCUT2D eigenvalue weighted by Gasteiger charge is -2.34. The standard InChI is InChI=1S/C19H21ClFN3O/c1-23(13-14-2-5-17(21)6-3-14)19(25)15-8-10-24(11-9-15)18-7-4-16(20)12-22-18/h2-7,12,15H,8-11,13H2,1H3. The van der Waals surface area contributed by atoms with Crippen molar-refractivity contribution in [2.45, 2.75) is 19.4 Å².